The number of esters is 1. The summed E-state index contributed by atoms with van der Waals surface area (Å²) < 4.78 is 4.78. The first-order chi connectivity index (χ1) is 7.18. The van der Waals surface area contributed by atoms with E-state index in [2.05, 4.69) is 0 Å². The molecule has 0 saturated heterocycles. The first-order valence-electron chi connectivity index (χ1n) is 5.79. The lowest BCUT2D eigenvalue weighted by atomic mass is 9.67. The molecule has 1 atom stereocenters. The Morgan fingerprint density at radius 2 is 2.07 bits per heavy atom. The molecule has 0 bridgehead atoms. The Morgan fingerprint density at radius 3 is 2.67 bits per heavy atom. The highest BCUT2D eigenvalue weighted by Gasteiger charge is 2.46. The highest BCUT2D eigenvalue weighted by atomic mass is 16.5. The number of hydrogen-bond donors (Lipinski definition) is 0. The molecule has 3 nitrogen and oxygen atoms in total. The molecular formula is C12H18O3. The van der Waals surface area contributed by atoms with Crippen molar-refractivity contribution in [2.24, 2.45) is 11.3 Å². The molecule has 0 heterocycles. The van der Waals surface area contributed by atoms with Crippen LogP contribution in [0.15, 0.2) is 0 Å². The third-order valence-electron chi connectivity index (χ3n) is 4.04. The molecule has 0 aromatic rings. The molecule has 0 aromatic carbocycles. The lowest BCUT2D eigenvalue weighted by molar-refractivity contribution is -0.150. The first kappa shape index (κ1) is 10.7. The standard InChI is InChI=1S/C12H18O3/c1-15-11(14)9-4-5-10(13)12(8-9)6-2-3-7-12/h9H,2-8H2,1H3. The molecular weight excluding hydrogens is 192 g/mol. The largest absolute Gasteiger partial charge is 0.469 e. The number of hydrogen-bond acceptors (Lipinski definition) is 3. The van der Waals surface area contributed by atoms with Crippen LogP contribution in [-0.2, 0) is 14.3 Å². The predicted octanol–water partition coefficient (Wildman–Crippen LogP) is 2.09. The molecule has 0 aromatic heterocycles. The molecule has 1 spiro atoms. The monoisotopic (exact) mass is 210 g/mol. The molecule has 1 unspecified atom stereocenters. The molecule has 84 valence electrons. The van der Waals surface area contributed by atoms with E-state index in [9.17, 15) is 9.59 Å². The molecule has 0 radical (unpaired) electrons. The Balaban J connectivity index is 2.10. The first-order valence-corrected chi connectivity index (χ1v) is 5.79. The van der Waals surface area contributed by atoms with Crippen molar-refractivity contribution in [2.75, 3.05) is 7.11 Å². The molecule has 2 fully saturated rings. The number of carbonyl (C=O) groups is 2. The molecule has 0 aliphatic heterocycles. The quantitative estimate of drug-likeness (QED) is 0.622. The predicted molar refractivity (Wildman–Crippen MR) is 55.3 cm³/mol. The van der Waals surface area contributed by atoms with Crippen LogP contribution in [-0.4, -0.2) is 18.9 Å². The van der Waals surface area contributed by atoms with Crippen molar-refractivity contribution >= 4 is 11.8 Å². The molecule has 0 N–H and O–H groups in total. The average molecular weight is 210 g/mol. The van der Waals surface area contributed by atoms with E-state index >= 15 is 0 Å². The van der Waals surface area contributed by atoms with Crippen molar-refractivity contribution in [3.63, 3.8) is 0 Å². The Kier molecular flexibility index (Phi) is 2.81. The summed E-state index contributed by atoms with van der Waals surface area (Å²) in [6, 6.07) is 0. The van der Waals surface area contributed by atoms with Gasteiger partial charge in [-0.2, -0.15) is 0 Å². The minimum atomic E-state index is -0.156. The summed E-state index contributed by atoms with van der Waals surface area (Å²) in [5.74, 6) is 0.222. The zero-order valence-electron chi connectivity index (χ0n) is 9.25. The van der Waals surface area contributed by atoms with Gasteiger partial charge in [0, 0.05) is 11.8 Å². The van der Waals surface area contributed by atoms with Gasteiger partial charge in [-0.05, 0) is 25.7 Å². The molecule has 3 heteroatoms. The summed E-state index contributed by atoms with van der Waals surface area (Å²) in [4.78, 5) is 23.4. The second kappa shape index (κ2) is 3.95. The van der Waals surface area contributed by atoms with Crippen LogP contribution in [0.1, 0.15) is 44.9 Å². The average Bonchev–Trinajstić information content (AvgIpc) is 2.71. The molecule has 2 rings (SSSR count). The molecule has 2 aliphatic rings. The number of Topliss-reactive ketones (excluding diaryl/α,β-unsaturated/α-hetero) is 1. The van der Waals surface area contributed by atoms with E-state index < -0.39 is 0 Å². The molecule has 2 saturated carbocycles. The maximum absolute atomic E-state index is 11.9. The van der Waals surface area contributed by atoms with Gasteiger partial charge in [-0.25, -0.2) is 0 Å². The van der Waals surface area contributed by atoms with Crippen LogP contribution in [0.25, 0.3) is 0 Å². The zero-order chi connectivity index (χ0) is 10.9. The van der Waals surface area contributed by atoms with Gasteiger partial charge in [-0.15, -0.1) is 0 Å². The highest BCUT2D eigenvalue weighted by molar-refractivity contribution is 5.88. The molecule has 15 heavy (non-hydrogen) atoms. The normalized spacial score (nSPS) is 29.4. The minimum Gasteiger partial charge on any atom is -0.469 e. The van der Waals surface area contributed by atoms with Gasteiger partial charge in [-0.1, -0.05) is 12.8 Å². The third kappa shape index (κ3) is 1.80. The zero-order valence-corrected chi connectivity index (χ0v) is 9.25. The fraction of sp³-hybridized carbons (Fsp3) is 0.833. The van der Waals surface area contributed by atoms with E-state index in [1.807, 2.05) is 0 Å². The van der Waals surface area contributed by atoms with Crippen molar-refractivity contribution in [3.05, 3.63) is 0 Å². The fourth-order valence-corrected chi connectivity index (χ4v) is 3.16. The Hall–Kier alpha value is -0.860. The number of methoxy groups -OCH3 is 1. The van der Waals surface area contributed by atoms with Gasteiger partial charge >= 0.3 is 5.97 Å². The van der Waals surface area contributed by atoms with Gasteiger partial charge in [0.05, 0.1) is 13.0 Å². The lowest BCUT2D eigenvalue weighted by Crippen LogP contribution is -2.38. The van der Waals surface area contributed by atoms with Crippen LogP contribution in [0, 0.1) is 11.3 Å². The van der Waals surface area contributed by atoms with Crippen molar-refractivity contribution < 1.29 is 14.3 Å². The maximum Gasteiger partial charge on any atom is 0.308 e. The van der Waals surface area contributed by atoms with Crippen molar-refractivity contribution in [2.45, 2.75) is 44.9 Å². The lowest BCUT2D eigenvalue weighted by Gasteiger charge is -2.35. The Bertz CT molecular complexity index is 277. The summed E-state index contributed by atoms with van der Waals surface area (Å²) >= 11 is 0. The van der Waals surface area contributed by atoms with E-state index in [-0.39, 0.29) is 17.3 Å². The fourth-order valence-electron chi connectivity index (χ4n) is 3.16. The Labute approximate surface area is 90.2 Å². The van der Waals surface area contributed by atoms with Gasteiger partial charge in [0.25, 0.3) is 0 Å². The second-order valence-corrected chi connectivity index (χ2v) is 4.87. The van der Waals surface area contributed by atoms with Crippen LogP contribution >= 0.6 is 0 Å². The molecule has 2 aliphatic carbocycles. The van der Waals surface area contributed by atoms with E-state index in [1.54, 1.807) is 0 Å². The van der Waals surface area contributed by atoms with Crippen molar-refractivity contribution in [1.82, 2.24) is 0 Å². The van der Waals surface area contributed by atoms with Gasteiger partial charge in [0.2, 0.25) is 0 Å². The Morgan fingerprint density at radius 1 is 1.40 bits per heavy atom. The van der Waals surface area contributed by atoms with E-state index in [0.29, 0.717) is 18.6 Å². The SMILES string of the molecule is COC(=O)C1CCC(=O)C2(CCCC2)C1. The van der Waals surface area contributed by atoms with Crippen molar-refractivity contribution in [1.29, 1.82) is 0 Å². The number of rotatable bonds is 1. The van der Waals surface area contributed by atoms with Gasteiger partial charge in [-0.3, -0.25) is 9.59 Å². The number of carbonyl (C=O) groups excluding carboxylic acids is 2. The van der Waals surface area contributed by atoms with Crippen LogP contribution in [0.5, 0.6) is 0 Å². The van der Waals surface area contributed by atoms with Crippen molar-refractivity contribution in [3.8, 4) is 0 Å². The van der Waals surface area contributed by atoms with Gasteiger partial charge in [0.1, 0.15) is 5.78 Å². The van der Waals surface area contributed by atoms with Gasteiger partial charge in [0.15, 0.2) is 0 Å². The summed E-state index contributed by atoms with van der Waals surface area (Å²) in [6.45, 7) is 0. The van der Waals surface area contributed by atoms with E-state index in [4.69, 9.17) is 4.74 Å². The number of ether oxygens (including phenoxy) is 1. The topological polar surface area (TPSA) is 43.4 Å². The second-order valence-electron chi connectivity index (χ2n) is 4.87. The van der Waals surface area contributed by atoms with E-state index in [0.717, 1.165) is 32.1 Å². The summed E-state index contributed by atoms with van der Waals surface area (Å²) in [5.41, 5.74) is -0.156. The van der Waals surface area contributed by atoms with Crippen LogP contribution < -0.4 is 0 Å². The van der Waals surface area contributed by atoms with Crippen LogP contribution in [0.3, 0.4) is 0 Å². The molecule has 0 amide bonds. The maximum atomic E-state index is 11.9. The summed E-state index contributed by atoms with van der Waals surface area (Å²) in [7, 11) is 1.43. The smallest absolute Gasteiger partial charge is 0.308 e. The van der Waals surface area contributed by atoms with Crippen LogP contribution in [0.2, 0.25) is 0 Å². The van der Waals surface area contributed by atoms with Gasteiger partial charge < -0.3 is 4.74 Å². The summed E-state index contributed by atoms with van der Waals surface area (Å²) in [6.07, 6.45) is 6.24. The number of ketones is 1. The van der Waals surface area contributed by atoms with E-state index in [1.165, 1.54) is 7.11 Å². The highest BCUT2D eigenvalue weighted by Crippen LogP contribution is 2.48. The minimum absolute atomic E-state index is 0.0363. The third-order valence-corrected chi connectivity index (χ3v) is 4.04. The van der Waals surface area contributed by atoms with Crippen LogP contribution in [0.4, 0.5) is 0 Å². The summed E-state index contributed by atoms with van der Waals surface area (Å²) in [5, 5.41) is 0.